The lowest BCUT2D eigenvalue weighted by atomic mass is 10.1. The van der Waals surface area contributed by atoms with E-state index in [4.69, 9.17) is 25.8 Å². The molecule has 2 aromatic carbocycles. The summed E-state index contributed by atoms with van der Waals surface area (Å²) < 4.78 is 16.1. The first-order valence-electron chi connectivity index (χ1n) is 10.3. The highest BCUT2D eigenvalue weighted by Crippen LogP contribution is 2.34. The van der Waals surface area contributed by atoms with Gasteiger partial charge in [-0.1, -0.05) is 23.7 Å². The molecule has 1 amide bonds. The van der Waals surface area contributed by atoms with Crippen LogP contribution in [0.4, 0.5) is 0 Å². The molecule has 0 bridgehead atoms. The van der Waals surface area contributed by atoms with E-state index in [1.165, 1.54) is 5.56 Å². The second kappa shape index (κ2) is 11.2. The van der Waals surface area contributed by atoms with E-state index < -0.39 is 0 Å². The Balaban J connectivity index is 1.46. The van der Waals surface area contributed by atoms with Crippen molar-refractivity contribution in [2.24, 2.45) is 0 Å². The smallest absolute Gasteiger partial charge is 0.234 e. The molecule has 1 aliphatic rings. The summed E-state index contributed by atoms with van der Waals surface area (Å²) in [5, 5.41) is 3.74. The summed E-state index contributed by atoms with van der Waals surface area (Å²) in [5.74, 6) is 1.83. The zero-order valence-corrected chi connectivity index (χ0v) is 19.1. The van der Waals surface area contributed by atoms with Gasteiger partial charge in [-0.2, -0.15) is 0 Å². The van der Waals surface area contributed by atoms with Gasteiger partial charge in [-0.25, -0.2) is 0 Å². The molecule has 1 fully saturated rings. The van der Waals surface area contributed by atoms with Crippen LogP contribution in [0.3, 0.4) is 0 Å². The zero-order valence-electron chi connectivity index (χ0n) is 18.3. The summed E-state index contributed by atoms with van der Waals surface area (Å²) in [6.07, 6.45) is 0. The fraction of sp³-hybridized carbons (Fsp3) is 0.435. The lowest BCUT2D eigenvalue weighted by molar-refractivity contribution is -0.122. The zero-order chi connectivity index (χ0) is 22.2. The van der Waals surface area contributed by atoms with E-state index >= 15 is 0 Å². The minimum atomic E-state index is -0.0111. The lowest BCUT2D eigenvalue weighted by Gasteiger charge is -2.34. The third kappa shape index (κ3) is 6.50. The summed E-state index contributed by atoms with van der Waals surface area (Å²) in [4.78, 5) is 17.1. The molecule has 0 unspecified atom stereocenters. The number of benzene rings is 2. The highest BCUT2D eigenvalue weighted by Gasteiger charge is 2.19. The number of methoxy groups -OCH3 is 3. The van der Waals surface area contributed by atoms with E-state index in [0.717, 1.165) is 43.3 Å². The van der Waals surface area contributed by atoms with Crippen molar-refractivity contribution >= 4 is 17.5 Å². The number of carbonyl (C=O) groups excluding carboxylic acids is 1. The minimum Gasteiger partial charge on any atom is -0.496 e. The molecule has 31 heavy (non-hydrogen) atoms. The molecule has 0 atom stereocenters. The fourth-order valence-electron chi connectivity index (χ4n) is 3.64. The molecule has 2 aromatic rings. The SMILES string of the molecule is COc1cc(OC)c(OC)cc1CNC(=O)CN1CCN(Cc2ccc(Cl)cc2)CC1. The first kappa shape index (κ1) is 23.2. The van der Waals surface area contributed by atoms with E-state index in [9.17, 15) is 4.79 Å². The Labute approximate surface area is 188 Å². The number of ether oxygens (including phenoxy) is 3. The van der Waals surface area contributed by atoms with E-state index in [2.05, 4.69) is 27.2 Å². The average Bonchev–Trinajstić information content (AvgIpc) is 2.79. The Kier molecular flexibility index (Phi) is 8.40. The Morgan fingerprint density at radius 1 is 0.903 bits per heavy atom. The van der Waals surface area contributed by atoms with Gasteiger partial charge in [0.15, 0.2) is 11.5 Å². The van der Waals surface area contributed by atoms with Crippen LogP contribution in [0, 0.1) is 0 Å². The van der Waals surface area contributed by atoms with E-state index in [1.54, 1.807) is 27.4 Å². The van der Waals surface area contributed by atoms with E-state index in [0.29, 0.717) is 30.3 Å². The first-order chi connectivity index (χ1) is 15.0. The summed E-state index contributed by atoms with van der Waals surface area (Å²) in [5.41, 5.74) is 2.08. The average molecular weight is 448 g/mol. The lowest BCUT2D eigenvalue weighted by Crippen LogP contribution is -2.49. The second-order valence-corrected chi connectivity index (χ2v) is 7.91. The van der Waals surface area contributed by atoms with Gasteiger partial charge >= 0.3 is 0 Å². The minimum absolute atomic E-state index is 0.0111. The van der Waals surface area contributed by atoms with Gasteiger partial charge in [-0.15, -0.1) is 0 Å². The number of carbonyl (C=O) groups is 1. The number of nitrogens with one attached hydrogen (secondary N) is 1. The standard InChI is InChI=1S/C23H30ClN3O4/c1-29-20-13-22(31-3)21(30-2)12-18(20)14-25-23(28)16-27-10-8-26(9-11-27)15-17-4-6-19(24)7-5-17/h4-7,12-13H,8-11,14-16H2,1-3H3,(H,25,28). The molecular weight excluding hydrogens is 418 g/mol. The second-order valence-electron chi connectivity index (χ2n) is 7.47. The number of piperazine rings is 1. The Morgan fingerprint density at radius 2 is 1.48 bits per heavy atom. The highest BCUT2D eigenvalue weighted by molar-refractivity contribution is 6.30. The Morgan fingerprint density at radius 3 is 2.10 bits per heavy atom. The van der Waals surface area contributed by atoms with Gasteiger partial charge < -0.3 is 19.5 Å². The Hall–Kier alpha value is -2.48. The molecule has 1 heterocycles. The van der Waals surface area contributed by atoms with E-state index in [-0.39, 0.29) is 5.91 Å². The van der Waals surface area contributed by atoms with Crippen LogP contribution in [-0.4, -0.2) is 69.8 Å². The number of hydrogen-bond donors (Lipinski definition) is 1. The van der Waals surface area contributed by atoms with Gasteiger partial charge in [0.1, 0.15) is 5.75 Å². The Bertz CT molecular complexity index is 868. The van der Waals surface area contributed by atoms with Crippen LogP contribution in [0.15, 0.2) is 36.4 Å². The number of nitrogens with zero attached hydrogens (tertiary/aromatic N) is 2. The molecule has 1 aliphatic heterocycles. The van der Waals surface area contributed by atoms with Crippen molar-refractivity contribution < 1.29 is 19.0 Å². The maximum absolute atomic E-state index is 12.5. The largest absolute Gasteiger partial charge is 0.496 e. The molecule has 0 radical (unpaired) electrons. The predicted molar refractivity (Wildman–Crippen MR) is 121 cm³/mol. The quantitative estimate of drug-likeness (QED) is 0.637. The van der Waals surface area contributed by atoms with Crippen molar-refractivity contribution in [1.82, 2.24) is 15.1 Å². The van der Waals surface area contributed by atoms with Crippen LogP contribution in [-0.2, 0) is 17.9 Å². The van der Waals surface area contributed by atoms with Gasteiger partial charge in [0, 0.05) is 55.9 Å². The third-order valence-corrected chi connectivity index (χ3v) is 5.67. The summed E-state index contributed by atoms with van der Waals surface area (Å²) in [6.45, 7) is 5.22. The predicted octanol–water partition coefficient (Wildman–Crippen LogP) is 2.80. The van der Waals surface area contributed by atoms with Crippen LogP contribution >= 0.6 is 11.6 Å². The van der Waals surface area contributed by atoms with Crippen LogP contribution < -0.4 is 19.5 Å². The maximum atomic E-state index is 12.5. The number of rotatable bonds is 9. The van der Waals surface area contributed by atoms with Crippen LogP contribution in [0.5, 0.6) is 17.2 Å². The number of hydrogen-bond acceptors (Lipinski definition) is 6. The molecule has 8 heteroatoms. The number of halogens is 1. The summed E-state index contributed by atoms with van der Waals surface area (Å²) in [7, 11) is 4.75. The van der Waals surface area contributed by atoms with Crippen molar-refractivity contribution in [3.63, 3.8) is 0 Å². The van der Waals surface area contributed by atoms with Gasteiger partial charge in [-0.05, 0) is 23.8 Å². The topological polar surface area (TPSA) is 63.3 Å². The molecule has 1 N–H and O–H groups in total. The summed E-state index contributed by atoms with van der Waals surface area (Å²) in [6, 6.07) is 11.6. The van der Waals surface area contributed by atoms with Crippen molar-refractivity contribution in [2.45, 2.75) is 13.1 Å². The van der Waals surface area contributed by atoms with Crippen molar-refractivity contribution in [1.29, 1.82) is 0 Å². The maximum Gasteiger partial charge on any atom is 0.234 e. The van der Waals surface area contributed by atoms with Crippen LogP contribution in [0.25, 0.3) is 0 Å². The molecule has 0 spiro atoms. The van der Waals surface area contributed by atoms with Crippen LogP contribution in [0.1, 0.15) is 11.1 Å². The first-order valence-corrected chi connectivity index (χ1v) is 10.6. The molecule has 0 aliphatic carbocycles. The normalized spacial score (nSPS) is 14.8. The number of amides is 1. The van der Waals surface area contributed by atoms with E-state index in [1.807, 2.05) is 18.2 Å². The third-order valence-electron chi connectivity index (χ3n) is 5.41. The molecule has 0 aromatic heterocycles. The highest BCUT2D eigenvalue weighted by atomic mass is 35.5. The van der Waals surface area contributed by atoms with Gasteiger partial charge in [-0.3, -0.25) is 14.6 Å². The van der Waals surface area contributed by atoms with Crippen molar-refractivity contribution in [2.75, 3.05) is 54.1 Å². The van der Waals surface area contributed by atoms with Gasteiger partial charge in [0.05, 0.1) is 27.9 Å². The van der Waals surface area contributed by atoms with Crippen molar-refractivity contribution in [3.8, 4) is 17.2 Å². The molecule has 3 rings (SSSR count). The fourth-order valence-corrected chi connectivity index (χ4v) is 3.76. The molecular formula is C23H30ClN3O4. The monoisotopic (exact) mass is 447 g/mol. The molecule has 168 valence electrons. The molecule has 1 saturated heterocycles. The summed E-state index contributed by atoms with van der Waals surface area (Å²) >= 11 is 5.96. The van der Waals surface area contributed by atoms with Gasteiger partial charge in [0.2, 0.25) is 5.91 Å². The van der Waals surface area contributed by atoms with Crippen molar-refractivity contribution in [3.05, 3.63) is 52.5 Å². The van der Waals surface area contributed by atoms with Gasteiger partial charge in [0.25, 0.3) is 0 Å². The van der Waals surface area contributed by atoms with Crippen LogP contribution in [0.2, 0.25) is 5.02 Å². The molecule has 0 saturated carbocycles. The molecule has 7 nitrogen and oxygen atoms in total.